The van der Waals surface area contributed by atoms with E-state index in [1.165, 1.54) is 0 Å². The van der Waals surface area contributed by atoms with E-state index in [-0.39, 0.29) is 0 Å². The lowest BCUT2D eigenvalue weighted by molar-refractivity contribution is -0.0285. The van der Waals surface area contributed by atoms with Gasteiger partial charge in [-0.1, -0.05) is 0 Å². The fraction of sp³-hybridized carbons (Fsp3) is 0.250. The van der Waals surface area contributed by atoms with E-state index in [1.54, 1.807) is 0 Å². The fourth-order valence-electron chi connectivity index (χ4n) is 0.842. The van der Waals surface area contributed by atoms with Gasteiger partial charge in [-0.2, -0.15) is 8.78 Å². The number of hydrogen-bond donors (Lipinski definition) is 0. The quantitative estimate of drug-likeness (QED) is 0.638. The molecule has 72 valence electrons. The van der Waals surface area contributed by atoms with Crippen LogP contribution in [-0.2, 0) is 5.92 Å². The van der Waals surface area contributed by atoms with E-state index in [0.717, 1.165) is 0 Å². The molecule has 0 N–H and O–H groups in total. The fourth-order valence-corrected chi connectivity index (χ4v) is 0.842. The van der Waals surface area contributed by atoms with Crippen molar-refractivity contribution in [1.82, 2.24) is 0 Å². The molecule has 0 aliphatic heterocycles. The predicted molar refractivity (Wildman–Crippen MR) is 36.2 cm³/mol. The SMILES string of the molecule is FCC(F)(F)c1cc(F)cc(F)c1. The van der Waals surface area contributed by atoms with Crippen LogP contribution in [-0.4, -0.2) is 6.67 Å². The topological polar surface area (TPSA) is 0 Å². The predicted octanol–water partition coefficient (Wildman–Crippen LogP) is 3.03. The number of hydrogen-bond acceptors (Lipinski definition) is 0. The van der Waals surface area contributed by atoms with Gasteiger partial charge in [0.2, 0.25) is 0 Å². The maximum absolute atomic E-state index is 12.5. The second-order valence-corrected chi connectivity index (χ2v) is 2.50. The van der Waals surface area contributed by atoms with Gasteiger partial charge in [-0.3, -0.25) is 0 Å². The van der Waals surface area contributed by atoms with Gasteiger partial charge in [0.15, 0.2) is 6.67 Å². The Hall–Kier alpha value is -1.13. The number of benzene rings is 1. The van der Waals surface area contributed by atoms with Gasteiger partial charge in [-0.15, -0.1) is 0 Å². The Balaban J connectivity index is 3.15. The molecule has 0 saturated carbocycles. The largest absolute Gasteiger partial charge is 0.301 e. The summed E-state index contributed by atoms with van der Waals surface area (Å²) in [5.74, 6) is -6.13. The first-order valence-corrected chi connectivity index (χ1v) is 3.36. The van der Waals surface area contributed by atoms with Crippen molar-refractivity contribution in [2.24, 2.45) is 0 Å². The summed E-state index contributed by atoms with van der Waals surface area (Å²) < 4.78 is 61.6. The minimum Gasteiger partial charge on any atom is -0.244 e. The van der Waals surface area contributed by atoms with Crippen LogP contribution in [0.2, 0.25) is 0 Å². The highest BCUT2D eigenvalue weighted by Crippen LogP contribution is 2.29. The molecule has 1 aromatic rings. The second kappa shape index (κ2) is 3.32. The molecule has 0 unspecified atom stereocenters. The monoisotopic (exact) mass is 196 g/mol. The molecular weight excluding hydrogens is 191 g/mol. The summed E-state index contributed by atoms with van der Waals surface area (Å²) in [4.78, 5) is 0. The summed E-state index contributed by atoms with van der Waals surface area (Å²) >= 11 is 0. The summed E-state index contributed by atoms with van der Waals surface area (Å²) in [6.07, 6.45) is 0. The van der Waals surface area contributed by atoms with Crippen LogP contribution in [0, 0.1) is 11.6 Å². The van der Waals surface area contributed by atoms with Gasteiger partial charge < -0.3 is 0 Å². The highest BCUT2D eigenvalue weighted by molar-refractivity contribution is 5.22. The van der Waals surface area contributed by atoms with Crippen molar-refractivity contribution in [3.8, 4) is 0 Å². The molecule has 0 fully saturated rings. The van der Waals surface area contributed by atoms with Crippen molar-refractivity contribution >= 4 is 0 Å². The van der Waals surface area contributed by atoms with Crippen LogP contribution in [0.15, 0.2) is 18.2 Å². The maximum Gasteiger partial charge on any atom is 0.301 e. The van der Waals surface area contributed by atoms with Gasteiger partial charge in [0.1, 0.15) is 11.6 Å². The van der Waals surface area contributed by atoms with E-state index < -0.39 is 29.8 Å². The Bertz CT molecular complexity index is 287. The molecule has 0 aromatic heterocycles. The Morgan fingerprint density at radius 2 is 1.46 bits per heavy atom. The molecule has 0 aliphatic rings. The van der Waals surface area contributed by atoms with Crippen LogP contribution >= 0.6 is 0 Å². The molecular formula is C8H5F5. The molecule has 0 saturated heterocycles. The number of halogens is 5. The Morgan fingerprint density at radius 1 is 1.00 bits per heavy atom. The summed E-state index contributed by atoms with van der Waals surface area (Å²) in [5, 5.41) is 0. The first kappa shape index (κ1) is 9.95. The molecule has 0 aliphatic carbocycles. The Kier molecular flexibility index (Phi) is 2.54. The molecule has 5 heteroatoms. The first-order valence-electron chi connectivity index (χ1n) is 3.36. The summed E-state index contributed by atoms with van der Waals surface area (Å²) in [5.41, 5.74) is -0.993. The van der Waals surface area contributed by atoms with Gasteiger partial charge in [0.05, 0.1) is 0 Å². The Morgan fingerprint density at radius 3 is 1.85 bits per heavy atom. The lowest BCUT2D eigenvalue weighted by atomic mass is 10.1. The van der Waals surface area contributed by atoms with E-state index >= 15 is 0 Å². The number of rotatable bonds is 2. The third kappa shape index (κ3) is 2.17. The second-order valence-electron chi connectivity index (χ2n) is 2.50. The zero-order valence-electron chi connectivity index (χ0n) is 6.33. The lowest BCUT2D eigenvalue weighted by Crippen LogP contribution is -2.16. The van der Waals surface area contributed by atoms with Crippen molar-refractivity contribution in [3.05, 3.63) is 35.4 Å². The van der Waals surface area contributed by atoms with Crippen molar-refractivity contribution in [2.45, 2.75) is 5.92 Å². The third-order valence-corrected chi connectivity index (χ3v) is 1.45. The molecule has 13 heavy (non-hydrogen) atoms. The van der Waals surface area contributed by atoms with E-state index in [4.69, 9.17) is 0 Å². The van der Waals surface area contributed by atoms with E-state index in [9.17, 15) is 22.0 Å². The lowest BCUT2D eigenvalue weighted by Gasteiger charge is -2.12. The van der Waals surface area contributed by atoms with Crippen molar-refractivity contribution in [3.63, 3.8) is 0 Å². The zero-order valence-corrected chi connectivity index (χ0v) is 6.33. The Labute approximate surface area is 71.0 Å². The number of alkyl halides is 3. The molecule has 0 heterocycles. The van der Waals surface area contributed by atoms with Crippen molar-refractivity contribution in [1.29, 1.82) is 0 Å². The van der Waals surface area contributed by atoms with Crippen LogP contribution < -0.4 is 0 Å². The highest BCUT2D eigenvalue weighted by Gasteiger charge is 2.32. The molecule has 1 rings (SSSR count). The van der Waals surface area contributed by atoms with Gasteiger partial charge in [-0.05, 0) is 12.1 Å². The minimum absolute atomic E-state index is 0.405. The normalized spacial score (nSPS) is 11.8. The smallest absolute Gasteiger partial charge is 0.244 e. The molecule has 0 spiro atoms. The standard InChI is InChI=1S/C8H5F5/c9-4-8(12,13)5-1-6(10)3-7(11)2-5/h1-3H,4H2. The van der Waals surface area contributed by atoms with Crippen LogP contribution in [0.5, 0.6) is 0 Å². The van der Waals surface area contributed by atoms with E-state index in [2.05, 4.69) is 0 Å². The van der Waals surface area contributed by atoms with Crippen LogP contribution in [0.4, 0.5) is 22.0 Å². The third-order valence-electron chi connectivity index (χ3n) is 1.45. The van der Waals surface area contributed by atoms with Crippen molar-refractivity contribution in [2.75, 3.05) is 6.67 Å². The van der Waals surface area contributed by atoms with Crippen LogP contribution in [0.25, 0.3) is 0 Å². The van der Waals surface area contributed by atoms with Crippen LogP contribution in [0.1, 0.15) is 5.56 Å². The molecule has 1 aromatic carbocycles. The summed E-state index contributed by atoms with van der Waals surface area (Å²) in [7, 11) is 0. The van der Waals surface area contributed by atoms with Gasteiger partial charge in [-0.25, -0.2) is 13.2 Å². The van der Waals surface area contributed by atoms with Gasteiger partial charge in [0.25, 0.3) is 0 Å². The molecule has 0 radical (unpaired) electrons. The minimum atomic E-state index is -3.83. The van der Waals surface area contributed by atoms with E-state index in [1.807, 2.05) is 0 Å². The molecule has 0 amide bonds. The highest BCUT2D eigenvalue weighted by atomic mass is 19.3. The summed E-state index contributed by atoms with van der Waals surface area (Å²) in [6.45, 7) is -1.98. The molecule has 0 bridgehead atoms. The van der Waals surface area contributed by atoms with Crippen molar-refractivity contribution < 1.29 is 22.0 Å². The van der Waals surface area contributed by atoms with Crippen LogP contribution in [0.3, 0.4) is 0 Å². The van der Waals surface area contributed by atoms with Gasteiger partial charge in [0, 0.05) is 11.6 Å². The van der Waals surface area contributed by atoms with E-state index in [0.29, 0.717) is 18.2 Å². The molecule has 0 atom stereocenters. The average molecular weight is 196 g/mol. The summed E-state index contributed by atoms with van der Waals surface area (Å²) in [6, 6.07) is 1.25. The van der Waals surface area contributed by atoms with Gasteiger partial charge >= 0.3 is 5.92 Å². The average Bonchev–Trinajstić information content (AvgIpc) is 2.02. The zero-order chi connectivity index (χ0) is 10.1. The first-order chi connectivity index (χ1) is 5.95. The maximum atomic E-state index is 12.5. The molecule has 0 nitrogen and oxygen atoms in total.